The van der Waals surface area contributed by atoms with Gasteiger partial charge >= 0.3 is 5.97 Å². The Bertz CT molecular complexity index is 873. The molecular formula is C14H10BrClFNO4S. The molecule has 9 heteroatoms. The Balaban J connectivity index is 2.50. The number of hydrogen-bond donors (Lipinski definition) is 1. The normalized spacial score (nSPS) is 11.1. The summed E-state index contributed by atoms with van der Waals surface area (Å²) in [6.07, 6.45) is 0. The number of benzene rings is 2. The largest absolute Gasteiger partial charge is 0.465 e. The van der Waals surface area contributed by atoms with Crippen LogP contribution < -0.4 is 4.72 Å². The Morgan fingerprint density at radius 2 is 1.96 bits per heavy atom. The standard InChI is InChI=1S/C14H10BrClFNO4S/c1-22-14(19)10-6-8(15)2-5-13(10)23(20,21)18-12-4-3-9(17)7-11(12)16/h2-7,18H,1H3. The molecule has 5 nitrogen and oxygen atoms in total. The van der Waals surface area contributed by atoms with Crippen LogP contribution in [0.1, 0.15) is 10.4 Å². The van der Waals surface area contributed by atoms with E-state index in [1.54, 1.807) is 0 Å². The van der Waals surface area contributed by atoms with Gasteiger partial charge in [-0.15, -0.1) is 0 Å². The first-order valence-corrected chi connectivity index (χ1v) is 8.76. The van der Waals surface area contributed by atoms with E-state index in [1.807, 2.05) is 0 Å². The predicted octanol–water partition coefficient (Wildman–Crippen LogP) is 3.83. The predicted molar refractivity (Wildman–Crippen MR) is 87.7 cm³/mol. The number of carbonyl (C=O) groups is 1. The van der Waals surface area contributed by atoms with Crippen LogP contribution in [-0.4, -0.2) is 21.5 Å². The summed E-state index contributed by atoms with van der Waals surface area (Å²) < 4.78 is 45.4. The van der Waals surface area contributed by atoms with E-state index in [9.17, 15) is 17.6 Å². The summed E-state index contributed by atoms with van der Waals surface area (Å²) in [5.74, 6) is -1.41. The minimum Gasteiger partial charge on any atom is -0.465 e. The van der Waals surface area contributed by atoms with E-state index in [1.165, 1.54) is 24.3 Å². The van der Waals surface area contributed by atoms with Crippen molar-refractivity contribution in [2.75, 3.05) is 11.8 Å². The summed E-state index contributed by atoms with van der Waals surface area (Å²) in [7, 11) is -2.99. The summed E-state index contributed by atoms with van der Waals surface area (Å²) in [6, 6.07) is 7.26. The van der Waals surface area contributed by atoms with E-state index in [0.717, 1.165) is 19.2 Å². The highest BCUT2D eigenvalue weighted by atomic mass is 79.9. The van der Waals surface area contributed by atoms with Gasteiger partial charge in [0.25, 0.3) is 10.0 Å². The molecule has 0 aliphatic rings. The third-order valence-electron chi connectivity index (χ3n) is 2.81. The van der Waals surface area contributed by atoms with E-state index >= 15 is 0 Å². The molecule has 122 valence electrons. The fourth-order valence-electron chi connectivity index (χ4n) is 1.78. The summed E-state index contributed by atoms with van der Waals surface area (Å²) in [6.45, 7) is 0. The molecule has 0 spiro atoms. The first kappa shape index (κ1) is 17.7. The maximum atomic E-state index is 13.0. The molecule has 0 saturated carbocycles. The molecule has 0 radical (unpaired) electrons. The fraction of sp³-hybridized carbons (Fsp3) is 0.0714. The number of carbonyl (C=O) groups excluding carboxylic acids is 1. The van der Waals surface area contributed by atoms with Crippen molar-refractivity contribution in [1.82, 2.24) is 0 Å². The van der Waals surface area contributed by atoms with Gasteiger partial charge in [0.05, 0.1) is 23.4 Å². The van der Waals surface area contributed by atoms with E-state index in [-0.39, 0.29) is 21.2 Å². The molecule has 0 atom stereocenters. The molecule has 0 amide bonds. The Morgan fingerprint density at radius 1 is 1.26 bits per heavy atom. The first-order chi connectivity index (χ1) is 10.7. The molecule has 0 aromatic heterocycles. The molecule has 0 aliphatic heterocycles. The summed E-state index contributed by atoms with van der Waals surface area (Å²) >= 11 is 8.97. The average Bonchev–Trinajstić information content (AvgIpc) is 2.49. The zero-order valence-electron chi connectivity index (χ0n) is 11.6. The smallest absolute Gasteiger partial charge is 0.339 e. The second-order valence-corrected chi connectivity index (χ2v) is 7.34. The average molecular weight is 423 g/mol. The van der Waals surface area contributed by atoms with Crippen molar-refractivity contribution in [2.24, 2.45) is 0 Å². The van der Waals surface area contributed by atoms with Gasteiger partial charge in [-0.05, 0) is 36.4 Å². The quantitative estimate of drug-likeness (QED) is 0.760. The van der Waals surface area contributed by atoms with Crippen molar-refractivity contribution in [3.8, 4) is 0 Å². The topological polar surface area (TPSA) is 72.5 Å². The second kappa shape index (κ2) is 6.86. The van der Waals surface area contributed by atoms with Gasteiger partial charge in [-0.3, -0.25) is 4.72 Å². The SMILES string of the molecule is COC(=O)c1cc(Br)ccc1S(=O)(=O)Nc1ccc(F)cc1Cl. The summed E-state index contributed by atoms with van der Waals surface area (Å²) in [5.41, 5.74) is -0.153. The molecule has 0 unspecified atom stereocenters. The van der Waals surface area contributed by atoms with Crippen molar-refractivity contribution < 1.29 is 22.3 Å². The molecular weight excluding hydrogens is 413 g/mol. The number of sulfonamides is 1. The lowest BCUT2D eigenvalue weighted by Crippen LogP contribution is -2.18. The number of halogens is 3. The maximum Gasteiger partial charge on any atom is 0.339 e. The third-order valence-corrected chi connectivity index (χ3v) is 5.04. The minimum absolute atomic E-state index is 0.00759. The molecule has 0 aliphatic carbocycles. The Hall–Kier alpha value is -1.64. The number of hydrogen-bond acceptors (Lipinski definition) is 4. The molecule has 0 heterocycles. The molecule has 2 aromatic carbocycles. The summed E-state index contributed by atoms with van der Waals surface area (Å²) in [5, 5.41) is -0.106. The highest BCUT2D eigenvalue weighted by molar-refractivity contribution is 9.10. The number of ether oxygens (including phenoxy) is 1. The zero-order valence-corrected chi connectivity index (χ0v) is 14.8. The van der Waals surface area contributed by atoms with Crippen LogP contribution in [0.15, 0.2) is 45.8 Å². The van der Waals surface area contributed by atoms with Gasteiger partial charge in [0, 0.05) is 4.47 Å². The van der Waals surface area contributed by atoms with Crippen LogP contribution in [0.5, 0.6) is 0 Å². The van der Waals surface area contributed by atoms with Crippen molar-refractivity contribution in [3.05, 3.63) is 57.3 Å². The highest BCUT2D eigenvalue weighted by Gasteiger charge is 2.24. The van der Waals surface area contributed by atoms with Crippen LogP contribution in [0.3, 0.4) is 0 Å². The zero-order chi connectivity index (χ0) is 17.2. The van der Waals surface area contributed by atoms with Gasteiger partial charge in [-0.2, -0.15) is 0 Å². The molecule has 2 rings (SSSR count). The molecule has 0 saturated heterocycles. The Morgan fingerprint density at radius 3 is 2.57 bits per heavy atom. The van der Waals surface area contributed by atoms with E-state index in [0.29, 0.717) is 4.47 Å². The molecule has 0 fully saturated rings. The molecule has 0 bridgehead atoms. The van der Waals surface area contributed by atoms with Crippen molar-refractivity contribution in [2.45, 2.75) is 4.90 Å². The monoisotopic (exact) mass is 421 g/mol. The molecule has 23 heavy (non-hydrogen) atoms. The second-order valence-electron chi connectivity index (χ2n) is 4.36. The lowest BCUT2D eigenvalue weighted by atomic mass is 10.2. The van der Waals surface area contributed by atoms with Crippen molar-refractivity contribution in [1.29, 1.82) is 0 Å². The van der Waals surface area contributed by atoms with Gasteiger partial charge in [0.2, 0.25) is 0 Å². The Kier molecular flexibility index (Phi) is 5.28. The van der Waals surface area contributed by atoms with Crippen LogP contribution >= 0.6 is 27.5 Å². The van der Waals surface area contributed by atoms with Crippen molar-refractivity contribution >= 4 is 49.2 Å². The minimum atomic E-state index is -4.13. The van der Waals surface area contributed by atoms with Gasteiger partial charge < -0.3 is 4.74 Å². The third kappa shape index (κ3) is 4.01. The molecule has 1 N–H and O–H groups in total. The van der Waals surface area contributed by atoms with Crippen LogP contribution in [-0.2, 0) is 14.8 Å². The number of anilines is 1. The highest BCUT2D eigenvalue weighted by Crippen LogP contribution is 2.28. The lowest BCUT2D eigenvalue weighted by Gasteiger charge is -2.12. The van der Waals surface area contributed by atoms with Crippen LogP contribution in [0.2, 0.25) is 5.02 Å². The van der Waals surface area contributed by atoms with E-state index in [2.05, 4.69) is 25.4 Å². The maximum absolute atomic E-state index is 13.0. The Labute approximate surface area is 145 Å². The lowest BCUT2D eigenvalue weighted by molar-refractivity contribution is 0.0596. The van der Waals surface area contributed by atoms with E-state index in [4.69, 9.17) is 11.6 Å². The van der Waals surface area contributed by atoms with Crippen LogP contribution in [0.25, 0.3) is 0 Å². The van der Waals surface area contributed by atoms with Crippen LogP contribution in [0, 0.1) is 5.82 Å². The number of rotatable bonds is 4. The molecule has 2 aromatic rings. The number of nitrogens with one attached hydrogen (secondary N) is 1. The van der Waals surface area contributed by atoms with Crippen molar-refractivity contribution in [3.63, 3.8) is 0 Å². The van der Waals surface area contributed by atoms with Gasteiger partial charge in [-0.25, -0.2) is 17.6 Å². The fourth-order valence-corrected chi connectivity index (χ4v) is 3.67. The number of methoxy groups -OCH3 is 1. The van der Waals surface area contributed by atoms with Gasteiger partial charge in [-0.1, -0.05) is 27.5 Å². The van der Waals surface area contributed by atoms with Gasteiger partial charge in [0.1, 0.15) is 10.7 Å². The first-order valence-electron chi connectivity index (χ1n) is 6.10. The van der Waals surface area contributed by atoms with E-state index < -0.39 is 21.8 Å². The summed E-state index contributed by atoms with van der Waals surface area (Å²) in [4.78, 5) is 11.5. The number of esters is 1. The van der Waals surface area contributed by atoms with Gasteiger partial charge in [0.15, 0.2) is 0 Å². The van der Waals surface area contributed by atoms with Crippen LogP contribution in [0.4, 0.5) is 10.1 Å².